The van der Waals surface area contributed by atoms with E-state index in [1.807, 2.05) is 4.90 Å². The van der Waals surface area contributed by atoms with Gasteiger partial charge >= 0.3 is 0 Å². The molecule has 0 saturated carbocycles. The number of rotatable bonds is 6. The smallest absolute Gasteiger partial charge is 0.186 e. The van der Waals surface area contributed by atoms with Gasteiger partial charge in [-0.05, 0) is 35.9 Å². The van der Waals surface area contributed by atoms with Crippen molar-refractivity contribution in [3.05, 3.63) is 48.1 Å². The molecular weight excluding hydrogens is 270 g/mol. The number of allylic oxidation sites excluding steroid dienone is 4. The number of hydrogen-bond acceptors (Lipinski definition) is 5. The lowest BCUT2D eigenvalue weighted by Gasteiger charge is -2.23. The molecule has 110 valence electrons. The highest BCUT2D eigenvalue weighted by atomic mass is 16.3. The van der Waals surface area contributed by atoms with Gasteiger partial charge in [-0.2, -0.15) is 0 Å². The Bertz CT molecular complexity index is 581. The summed E-state index contributed by atoms with van der Waals surface area (Å²) in [5.41, 5.74) is 1.90. The summed E-state index contributed by atoms with van der Waals surface area (Å²) in [5.74, 6) is -0.388. The van der Waals surface area contributed by atoms with Crippen LogP contribution in [0.3, 0.4) is 0 Å². The topological polar surface area (TPSA) is 77.8 Å². The van der Waals surface area contributed by atoms with Crippen LogP contribution in [-0.4, -0.2) is 48.1 Å². The Morgan fingerprint density at radius 1 is 0.905 bits per heavy atom. The SMILES string of the molecule is O=C1C=CC(=O)C(c2ccc(N(CCO)CCO)cc2)=C1. The molecule has 1 aromatic carbocycles. The van der Waals surface area contributed by atoms with Crippen LogP contribution in [-0.2, 0) is 9.59 Å². The Hall–Kier alpha value is -2.24. The maximum atomic E-state index is 11.8. The third-order valence-corrected chi connectivity index (χ3v) is 3.23. The van der Waals surface area contributed by atoms with Gasteiger partial charge in [0.15, 0.2) is 11.6 Å². The number of carbonyl (C=O) groups excluding carboxylic acids is 2. The van der Waals surface area contributed by atoms with E-state index in [-0.39, 0.29) is 24.8 Å². The molecule has 0 saturated heterocycles. The van der Waals surface area contributed by atoms with Gasteiger partial charge in [-0.1, -0.05) is 12.1 Å². The second-order valence-corrected chi connectivity index (χ2v) is 4.64. The van der Waals surface area contributed by atoms with Gasteiger partial charge in [0.1, 0.15) is 0 Å². The zero-order valence-electron chi connectivity index (χ0n) is 11.5. The summed E-state index contributed by atoms with van der Waals surface area (Å²) in [7, 11) is 0. The van der Waals surface area contributed by atoms with Gasteiger partial charge in [0.25, 0.3) is 0 Å². The third kappa shape index (κ3) is 3.65. The highest BCUT2D eigenvalue weighted by molar-refractivity contribution is 6.33. The van der Waals surface area contributed by atoms with Crippen molar-refractivity contribution >= 4 is 22.8 Å². The first-order valence-corrected chi connectivity index (χ1v) is 6.71. The summed E-state index contributed by atoms with van der Waals surface area (Å²) in [6.45, 7) is 0.820. The fourth-order valence-electron chi connectivity index (χ4n) is 2.20. The van der Waals surface area contributed by atoms with Gasteiger partial charge in [-0.15, -0.1) is 0 Å². The monoisotopic (exact) mass is 287 g/mol. The van der Waals surface area contributed by atoms with E-state index in [2.05, 4.69) is 0 Å². The van der Waals surface area contributed by atoms with Crippen LogP contribution < -0.4 is 4.90 Å². The van der Waals surface area contributed by atoms with E-state index in [0.29, 0.717) is 24.2 Å². The first-order chi connectivity index (χ1) is 10.2. The maximum absolute atomic E-state index is 11.8. The zero-order chi connectivity index (χ0) is 15.2. The molecule has 0 fully saturated rings. The van der Waals surface area contributed by atoms with Crippen molar-refractivity contribution in [2.45, 2.75) is 0 Å². The predicted molar refractivity (Wildman–Crippen MR) is 80.0 cm³/mol. The Balaban J connectivity index is 2.22. The molecule has 0 heterocycles. The molecule has 5 nitrogen and oxygen atoms in total. The molecule has 2 N–H and O–H groups in total. The molecule has 0 unspecified atom stereocenters. The summed E-state index contributed by atoms with van der Waals surface area (Å²) in [4.78, 5) is 25.0. The average Bonchev–Trinajstić information content (AvgIpc) is 2.50. The number of anilines is 1. The van der Waals surface area contributed by atoms with Gasteiger partial charge in [0.05, 0.1) is 13.2 Å². The lowest BCUT2D eigenvalue weighted by atomic mass is 9.96. The van der Waals surface area contributed by atoms with Crippen molar-refractivity contribution in [2.24, 2.45) is 0 Å². The van der Waals surface area contributed by atoms with Crippen molar-refractivity contribution in [3.63, 3.8) is 0 Å². The Labute approximate surface area is 122 Å². The molecule has 1 aliphatic rings. The van der Waals surface area contributed by atoms with Crippen molar-refractivity contribution in [3.8, 4) is 0 Å². The number of nitrogens with zero attached hydrogens (tertiary/aromatic N) is 1. The van der Waals surface area contributed by atoms with Gasteiger partial charge in [-0.25, -0.2) is 0 Å². The van der Waals surface area contributed by atoms with Crippen LogP contribution in [0.2, 0.25) is 0 Å². The first-order valence-electron chi connectivity index (χ1n) is 6.71. The predicted octanol–water partition coefficient (Wildman–Crippen LogP) is 0.569. The molecule has 0 amide bonds. The van der Waals surface area contributed by atoms with E-state index in [4.69, 9.17) is 10.2 Å². The van der Waals surface area contributed by atoms with Crippen LogP contribution in [0.5, 0.6) is 0 Å². The molecule has 21 heavy (non-hydrogen) atoms. The first kappa shape index (κ1) is 15.2. The van der Waals surface area contributed by atoms with Crippen LogP contribution in [0.1, 0.15) is 5.56 Å². The van der Waals surface area contributed by atoms with Crippen molar-refractivity contribution in [1.29, 1.82) is 0 Å². The summed E-state index contributed by atoms with van der Waals surface area (Å²) < 4.78 is 0. The van der Waals surface area contributed by atoms with E-state index in [1.165, 1.54) is 18.2 Å². The zero-order valence-corrected chi connectivity index (χ0v) is 11.5. The van der Waals surface area contributed by atoms with E-state index < -0.39 is 0 Å². The molecule has 0 atom stereocenters. The Morgan fingerprint density at radius 2 is 1.52 bits per heavy atom. The van der Waals surface area contributed by atoms with Crippen molar-refractivity contribution in [1.82, 2.24) is 0 Å². The lowest BCUT2D eigenvalue weighted by molar-refractivity contribution is -0.113. The van der Waals surface area contributed by atoms with Crippen LogP contribution in [0.25, 0.3) is 5.57 Å². The quantitative estimate of drug-likeness (QED) is 0.748. The molecule has 0 bridgehead atoms. The molecule has 2 rings (SSSR count). The van der Waals surface area contributed by atoms with Gasteiger partial charge in [-0.3, -0.25) is 9.59 Å². The molecule has 0 radical (unpaired) electrons. The number of benzene rings is 1. The minimum absolute atomic E-state index is 0.00924. The van der Waals surface area contributed by atoms with Crippen molar-refractivity contribution in [2.75, 3.05) is 31.2 Å². The average molecular weight is 287 g/mol. The minimum atomic E-state index is -0.198. The van der Waals surface area contributed by atoms with Crippen LogP contribution in [0, 0.1) is 0 Å². The van der Waals surface area contributed by atoms with Gasteiger partial charge in [0.2, 0.25) is 0 Å². The standard InChI is InChI=1S/C16H17NO4/c18-9-7-17(8-10-19)13-3-1-12(2-4-13)15-11-14(20)5-6-16(15)21/h1-6,11,18-19H,7-10H2. The fraction of sp³-hybridized carbons (Fsp3) is 0.250. The largest absolute Gasteiger partial charge is 0.395 e. The highest BCUT2D eigenvalue weighted by Crippen LogP contribution is 2.22. The highest BCUT2D eigenvalue weighted by Gasteiger charge is 2.15. The number of carbonyl (C=O) groups is 2. The fourth-order valence-corrected chi connectivity index (χ4v) is 2.20. The number of hydrogen-bond donors (Lipinski definition) is 2. The summed E-state index contributed by atoms with van der Waals surface area (Å²) >= 11 is 0. The third-order valence-electron chi connectivity index (χ3n) is 3.23. The van der Waals surface area contributed by atoms with Crippen LogP contribution in [0.4, 0.5) is 5.69 Å². The van der Waals surface area contributed by atoms with Crippen LogP contribution in [0.15, 0.2) is 42.5 Å². The molecule has 1 aliphatic carbocycles. The number of aliphatic hydroxyl groups excluding tert-OH is 2. The summed E-state index contributed by atoms with van der Waals surface area (Å²) in [6, 6.07) is 7.12. The number of aliphatic hydroxyl groups is 2. The van der Waals surface area contributed by atoms with Crippen molar-refractivity contribution < 1.29 is 19.8 Å². The molecular formula is C16H17NO4. The lowest BCUT2D eigenvalue weighted by Crippen LogP contribution is -2.29. The van der Waals surface area contributed by atoms with E-state index in [1.54, 1.807) is 24.3 Å². The van der Waals surface area contributed by atoms with E-state index >= 15 is 0 Å². The van der Waals surface area contributed by atoms with E-state index in [9.17, 15) is 9.59 Å². The molecule has 0 aliphatic heterocycles. The molecule has 0 aromatic heterocycles. The van der Waals surface area contributed by atoms with Gasteiger partial charge < -0.3 is 15.1 Å². The van der Waals surface area contributed by atoms with Crippen LogP contribution >= 0.6 is 0 Å². The second-order valence-electron chi connectivity index (χ2n) is 4.64. The van der Waals surface area contributed by atoms with Gasteiger partial charge in [0, 0.05) is 24.4 Å². The molecule has 0 spiro atoms. The normalized spacial score (nSPS) is 14.3. The maximum Gasteiger partial charge on any atom is 0.186 e. The molecule has 5 heteroatoms. The van der Waals surface area contributed by atoms with E-state index in [0.717, 1.165) is 5.69 Å². The Morgan fingerprint density at radius 3 is 2.10 bits per heavy atom. The Kier molecular flexibility index (Phi) is 5.03. The summed E-state index contributed by atoms with van der Waals surface area (Å²) in [6.07, 6.45) is 3.86. The number of ketones is 2. The summed E-state index contributed by atoms with van der Waals surface area (Å²) in [5, 5.41) is 18.0. The minimum Gasteiger partial charge on any atom is -0.395 e. The second kappa shape index (κ2) is 6.97. The molecule has 1 aromatic rings.